The number of nitrogens with zero attached hydrogens (tertiary/aromatic N) is 7. The zero-order valence-corrected chi connectivity index (χ0v) is 28.9. The summed E-state index contributed by atoms with van der Waals surface area (Å²) in [5.74, 6) is 2.59. The number of likely N-dealkylation sites (tertiary alicyclic amines) is 1. The molecule has 8 rings (SSSR count). The van der Waals surface area contributed by atoms with E-state index in [1.165, 1.54) is 11.0 Å². The van der Waals surface area contributed by atoms with Crippen molar-refractivity contribution in [3.05, 3.63) is 46.0 Å². The largest absolute Gasteiger partial charge is 0.473 e. The Hall–Kier alpha value is -3.95. The van der Waals surface area contributed by atoms with Crippen LogP contribution in [0.15, 0.2) is 23.2 Å². The number of hydrogen-bond acceptors (Lipinski definition) is 11. The number of nitriles is 1. The molecule has 3 fully saturated rings. The van der Waals surface area contributed by atoms with Crippen LogP contribution in [-0.4, -0.2) is 81.2 Å². The number of thiophene rings is 1. The third-order valence-electron chi connectivity index (χ3n) is 11.7. The van der Waals surface area contributed by atoms with Gasteiger partial charge in [-0.15, -0.1) is 11.3 Å². The molecule has 0 unspecified atom stereocenters. The van der Waals surface area contributed by atoms with E-state index in [1.54, 1.807) is 11.3 Å². The third kappa shape index (κ3) is 4.84. The van der Waals surface area contributed by atoms with Gasteiger partial charge in [0.2, 0.25) is 11.8 Å². The second-order valence-electron chi connectivity index (χ2n) is 14.6. The Bertz CT molecular complexity index is 1820. The van der Waals surface area contributed by atoms with Crippen molar-refractivity contribution in [2.45, 2.75) is 107 Å². The van der Waals surface area contributed by atoms with Crippen LogP contribution in [-0.2, 0) is 23.1 Å². The second-order valence-corrected chi connectivity index (χ2v) is 15.8. The molecule has 0 bridgehead atoms. The first-order valence-electron chi connectivity index (χ1n) is 17.5. The average molecular weight is 669 g/mol. The SMILES string of the molecule is C=CC(=O)N1[C@@H](C)CN(c2cc(O[C@@H](C)[C@@H]3CCCN3C)nc(-c3noc4c3CCC[C@@]43CCCc4sc(N)c(C#N)c43)n2)CC12CC2. The molecule has 5 aliphatic rings. The summed E-state index contributed by atoms with van der Waals surface area (Å²) in [5, 5.41) is 15.4. The fourth-order valence-corrected chi connectivity index (χ4v) is 10.5. The molecular formula is C36H44N8O3S. The zero-order valence-electron chi connectivity index (χ0n) is 28.1. The van der Waals surface area contributed by atoms with Gasteiger partial charge in [0, 0.05) is 41.7 Å². The van der Waals surface area contributed by atoms with Crippen molar-refractivity contribution in [3.63, 3.8) is 0 Å². The van der Waals surface area contributed by atoms with Gasteiger partial charge >= 0.3 is 0 Å². The predicted molar refractivity (Wildman–Crippen MR) is 184 cm³/mol. The van der Waals surface area contributed by atoms with Gasteiger partial charge in [0.1, 0.15) is 23.0 Å². The molecule has 1 saturated carbocycles. The molecule has 48 heavy (non-hydrogen) atoms. The number of carbonyl (C=O) groups is 1. The molecule has 2 aliphatic heterocycles. The lowest BCUT2D eigenvalue weighted by molar-refractivity contribution is -0.132. The number of amides is 1. The molecule has 0 radical (unpaired) electrons. The van der Waals surface area contributed by atoms with Crippen LogP contribution in [0.2, 0.25) is 0 Å². The van der Waals surface area contributed by atoms with E-state index in [0.717, 1.165) is 93.5 Å². The van der Waals surface area contributed by atoms with Crippen LogP contribution >= 0.6 is 11.3 Å². The molecule has 3 aromatic rings. The number of likely N-dealkylation sites (N-methyl/N-ethyl adjacent to an activating group) is 1. The fourth-order valence-electron chi connectivity index (χ4n) is 9.39. The Kier molecular flexibility index (Phi) is 7.56. The Balaban J connectivity index is 1.21. The number of nitrogens with two attached hydrogens (primary N) is 1. The van der Waals surface area contributed by atoms with Crippen LogP contribution in [0.5, 0.6) is 5.88 Å². The number of aryl methyl sites for hydroxylation is 1. The molecule has 2 spiro atoms. The summed E-state index contributed by atoms with van der Waals surface area (Å²) >= 11 is 1.54. The molecule has 2 saturated heterocycles. The fraction of sp³-hybridized carbons (Fsp3) is 0.583. The Morgan fingerprint density at radius 2 is 2.04 bits per heavy atom. The maximum Gasteiger partial charge on any atom is 0.246 e. The molecule has 2 N–H and O–H groups in total. The van der Waals surface area contributed by atoms with Gasteiger partial charge in [-0.25, -0.2) is 4.98 Å². The van der Waals surface area contributed by atoms with Crippen molar-refractivity contribution in [1.29, 1.82) is 5.26 Å². The molecule has 1 amide bonds. The van der Waals surface area contributed by atoms with Crippen molar-refractivity contribution in [1.82, 2.24) is 24.9 Å². The first-order valence-corrected chi connectivity index (χ1v) is 18.3. The minimum absolute atomic E-state index is 0.00635. The molecule has 3 aliphatic carbocycles. The maximum absolute atomic E-state index is 12.9. The lowest BCUT2D eigenvalue weighted by Gasteiger charge is -2.46. The zero-order chi connectivity index (χ0) is 33.4. The molecule has 3 aromatic heterocycles. The van der Waals surface area contributed by atoms with Gasteiger partial charge in [0.15, 0.2) is 17.3 Å². The Labute approximate surface area is 285 Å². The normalized spacial score (nSPS) is 26.6. The van der Waals surface area contributed by atoms with Gasteiger partial charge in [0.25, 0.3) is 0 Å². The summed E-state index contributed by atoms with van der Waals surface area (Å²) in [7, 11) is 2.15. The lowest BCUT2D eigenvalue weighted by atomic mass is 9.63. The van der Waals surface area contributed by atoms with E-state index in [9.17, 15) is 10.1 Å². The van der Waals surface area contributed by atoms with Crippen molar-refractivity contribution >= 4 is 28.1 Å². The quantitative estimate of drug-likeness (QED) is 0.348. The first-order chi connectivity index (χ1) is 23.2. The summed E-state index contributed by atoms with van der Waals surface area (Å²) in [6.07, 6.45) is 11.0. The number of anilines is 2. The summed E-state index contributed by atoms with van der Waals surface area (Å²) in [5.41, 5.74) is 9.05. The highest BCUT2D eigenvalue weighted by atomic mass is 32.1. The summed E-state index contributed by atoms with van der Waals surface area (Å²) in [6.45, 7) is 10.4. The monoisotopic (exact) mass is 668 g/mol. The van der Waals surface area contributed by atoms with Crippen LogP contribution < -0.4 is 15.4 Å². The van der Waals surface area contributed by atoms with Crippen molar-refractivity contribution in [3.8, 4) is 23.5 Å². The van der Waals surface area contributed by atoms with Gasteiger partial charge in [0.05, 0.1) is 16.5 Å². The van der Waals surface area contributed by atoms with Crippen LogP contribution in [0.3, 0.4) is 0 Å². The first kappa shape index (κ1) is 31.3. The van der Waals surface area contributed by atoms with Gasteiger partial charge in [-0.05, 0) is 103 Å². The van der Waals surface area contributed by atoms with Crippen molar-refractivity contribution in [2.24, 2.45) is 0 Å². The average Bonchev–Trinajstić information content (AvgIpc) is 3.37. The minimum atomic E-state index is -0.425. The molecule has 12 heteroatoms. The topological polar surface area (TPSA) is 138 Å². The van der Waals surface area contributed by atoms with Gasteiger partial charge < -0.3 is 24.8 Å². The molecular weight excluding hydrogens is 625 g/mol. The Morgan fingerprint density at radius 1 is 1.25 bits per heavy atom. The standard InChI is InChI=1S/C36H44N8O3S/c1-5-29(45)44-21(2)19-43(20-35(44)14-15-35)27-17-28(46-22(3)25-10-8-16-42(25)4)40-34(39-27)31-23-9-6-12-36(32(23)47-41-31)13-7-11-26-30(36)24(18-37)33(38)48-26/h5,17,21-22,25H,1,6-16,19-20,38H2,2-4H3/t21-,22-,25-,36-/m0/s1. The number of aromatic nitrogens is 3. The molecule has 4 atom stereocenters. The van der Waals surface area contributed by atoms with Gasteiger partial charge in [-0.2, -0.15) is 10.2 Å². The van der Waals surface area contributed by atoms with Gasteiger partial charge in [-0.1, -0.05) is 11.7 Å². The number of ether oxygens (including phenoxy) is 1. The summed E-state index contributed by atoms with van der Waals surface area (Å²) in [4.78, 5) is 30.9. The van der Waals surface area contributed by atoms with E-state index in [0.29, 0.717) is 47.1 Å². The maximum atomic E-state index is 12.9. The number of carbonyl (C=O) groups excluding carboxylic acids is 1. The third-order valence-corrected chi connectivity index (χ3v) is 12.7. The number of hydrogen-bond donors (Lipinski definition) is 1. The second kappa shape index (κ2) is 11.6. The molecule has 5 heterocycles. The highest BCUT2D eigenvalue weighted by Gasteiger charge is 2.55. The molecule has 0 aromatic carbocycles. The lowest BCUT2D eigenvalue weighted by Crippen LogP contribution is -2.61. The minimum Gasteiger partial charge on any atom is -0.473 e. The predicted octanol–water partition coefficient (Wildman–Crippen LogP) is 5.22. The Morgan fingerprint density at radius 3 is 2.75 bits per heavy atom. The number of piperazine rings is 1. The highest BCUT2D eigenvalue weighted by molar-refractivity contribution is 7.16. The summed E-state index contributed by atoms with van der Waals surface area (Å²) in [6, 6.07) is 4.67. The van der Waals surface area contributed by atoms with E-state index in [-0.39, 0.29) is 23.6 Å². The van der Waals surface area contributed by atoms with Gasteiger partial charge in [-0.3, -0.25) is 9.69 Å². The van der Waals surface area contributed by atoms with E-state index in [1.807, 2.05) is 11.0 Å². The van der Waals surface area contributed by atoms with E-state index in [2.05, 4.69) is 43.3 Å². The number of nitrogen functional groups attached to an aromatic ring is 1. The smallest absolute Gasteiger partial charge is 0.246 e. The van der Waals surface area contributed by atoms with Crippen LogP contribution in [0.1, 0.15) is 92.5 Å². The van der Waals surface area contributed by atoms with Crippen LogP contribution in [0, 0.1) is 11.3 Å². The number of fused-ring (bicyclic) bond motifs is 4. The van der Waals surface area contributed by atoms with E-state index >= 15 is 0 Å². The van der Waals surface area contributed by atoms with E-state index in [4.69, 9.17) is 30.1 Å². The summed E-state index contributed by atoms with van der Waals surface area (Å²) < 4.78 is 13.0. The molecule has 252 valence electrons. The van der Waals surface area contributed by atoms with Crippen molar-refractivity contribution < 1.29 is 14.1 Å². The van der Waals surface area contributed by atoms with Crippen LogP contribution in [0.25, 0.3) is 11.5 Å². The highest BCUT2D eigenvalue weighted by Crippen LogP contribution is 2.55. The number of rotatable bonds is 6. The van der Waals surface area contributed by atoms with Crippen molar-refractivity contribution in [2.75, 3.05) is 37.3 Å². The van der Waals surface area contributed by atoms with Crippen LogP contribution in [0.4, 0.5) is 10.8 Å². The molecule has 11 nitrogen and oxygen atoms in total. The van der Waals surface area contributed by atoms with E-state index < -0.39 is 5.41 Å².